The SMILES string of the molecule is CC(C)CC(CN)NS(=O)(=O)c1cc(N(C)C)ccc1Br.Cl. The Kier molecular flexibility index (Phi) is 8.94. The maximum Gasteiger partial charge on any atom is 0.242 e. The van der Waals surface area contributed by atoms with E-state index < -0.39 is 10.0 Å². The minimum atomic E-state index is -3.61. The van der Waals surface area contributed by atoms with Gasteiger partial charge in [-0.2, -0.15) is 0 Å². The summed E-state index contributed by atoms with van der Waals surface area (Å²) in [4.78, 5) is 2.09. The van der Waals surface area contributed by atoms with Crippen LogP contribution in [-0.4, -0.2) is 35.1 Å². The van der Waals surface area contributed by atoms with E-state index in [0.29, 0.717) is 16.8 Å². The lowest BCUT2D eigenvalue weighted by molar-refractivity contribution is 0.465. The van der Waals surface area contributed by atoms with Crippen molar-refractivity contribution in [3.05, 3.63) is 22.7 Å². The molecule has 0 aromatic heterocycles. The van der Waals surface area contributed by atoms with Gasteiger partial charge < -0.3 is 10.6 Å². The molecule has 0 aliphatic heterocycles. The highest BCUT2D eigenvalue weighted by Crippen LogP contribution is 2.27. The first-order valence-corrected chi connectivity index (χ1v) is 9.14. The molecule has 8 heteroatoms. The Morgan fingerprint density at radius 2 is 1.91 bits per heavy atom. The van der Waals surface area contributed by atoms with E-state index in [1.54, 1.807) is 12.1 Å². The predicted molar refractivity (Wildman–Crippen MR) is 98.3 cm³/mol. The van der Waals surface area contributed by atoms with Crippen LogP contribution in [-0.2, 0) is 10.0 Å². The first-order chi connectivity index (χ1) is 9.67. The summed E-state index contributed by atoms with van der Waals surface area (Å²) in [6, 6.07) is 4.99. The van der Waals surface area contributed by atoms with Gasteiger partial charge in [-0.25, -0.2) is 13.1 Å². The van der Waals surface area contributed by atoms with E-state index >= 15 is 0 Å². The number of sulfonamides is 1. The van der Waals surface area contributed by atoms with Gasteiger partial charge in [0.2, 0.25) is 10.0 Å². The van der Waals surface area contributed by atoms with Crippen LogP contribution in [0.1, 0.15) is 20.3 Å². The van der Waals surface area contributed by atoms with Gasteiger partial charge in [0, 0.05) is 36.8 Å². The monoisotopic (exact) mass is 413 g/mol. The molecule has 0 spiro atoms. The Morgan fingerprint density at radius 1 is 1.32 bits per heavy atom. The van der Waals surface area contributed by atoms with Crippen molar-refractivity contribution in [2.24, 2.45) is 11.7 Å². The maximum absolute atomic E-state index is 12.6. The second-order valence-electron chi connectivity index (χ2n) is 5.69. The first-order valence-electron chi connectivity index (χ1n) is 6.86. The number of hydrogen-bond acceptors (Lipinski definition) is 4. The molecular weight excluding hydrogens is 390 g/mol. The van der Waals surface area contributed by atoms with Crippen molar-refractivity contribution in [1.82, 2.24) is 4.72 Å². The number of nitrogens with two attached hydrogens (primary N) is 1. The zero-order chi connectivity index (χ0) is 16.2. The number of rotatable bonds is 7. The second-order valence-corrected chi connectivity index (χ2v) is 8.23. The van der Waals surface area contributed by atoms with E-state index in [0.717, 1.165) is 5.69 Å². The zero-order valence-electron chi connectivity index (χ0n) is 13.3. The molecule has 0 saturated carbocycles. The molecule has 5 nitrogen and oxygen atoms in total. The summed E-state index contributed by atoms with van der Waals surface area (Å²) in [5.74, 6) is 0.373. The Hall–Kier alpha value is -0.340. The third-order valence-electron chi connectivity index (χ3n) is 3.08. The van der Waals surface area contributed by atoms with Crippen LogP contribution in [0.2, 0.25) is 0 Å². The smallest absolute Gasteiger partial charge is 0.242 e. The molecule has 3 N–H and O–H groups in total. The molecule has 0 fully saturated rings. The molecule has 0 saturated heterocycles. The highest BCUT2D eigenvalue weighted by molar-refractivity contribution is 9.10. The molecule has 1 aromatic carbocycles. The first kappa shape index (κ1) is 21.7. The fraction of sp³-hybridized carbons (Fsp3) is 0.571. The fourth-order valence-corrected chi connectivity index (χ4v) is 4.27. The van der Waals surface area contributed by atoms with Crippen molar-refractivity contribution in [2.45, 2.75) is 31.2 Å². The largest absolute Gasteiger partial charge is 0.378 e. The molecular formula is C14H25BrClN3O2S. The predicted octanol–water partition coefficient (Wildman–Crippen LogP) is 2.59. The van der Waals surface area contributed by atoms with Crippen molar-refractivity contribution < 1.29 is 8.42 Å². The summed E-state index contributed by atoms with van der Waals surface area (Å²) in [7, 11) is 0.132. The molecule has 0 aliphatic carbocycles. The van der Waals surface area contributed by atoms with Crippen LogP contribution in [0.3, 0.4) is 0 Å². The van der Waals surface area contributed by atoms with Crippen molar-refractivity contribution in [1.29, 1.82) is 0 Å². The highest BCUT2D eigenvalue weighted by Gasteiger charge is 2.23. The van der Waals surface area contributed by atoms with Gasteiger partial charge in [-0.3, -0.25) is 0 Å². The van der Waals surface area contributed by atoms with Gasteiger partial charge in [-0.05, 0) is 46.5 Å². The molecule has 1 rings (SSSR count). The lowest BCUT2D eigenvalue weighted by atomic mass is 10.1. The van der Waals surface area contributed by atoms with Crippen molar-refractivity contribution >= 4 is 44.0 Å². The van der Waals surface area contributed by atoms with Gasteiger partial charge in [-0.15, -0.1) is 12.4 Å². The molecule has 0 amide bonds. The van der Waals surface area contributed by atoms with E-state index in [1.807, 2.05) is 38.9 Å². The normalized spacial score (nSPS) is 12.9. The van der Waals surface area contributed by atoms with E-state index in [-0.39, 0.29) is 29.9 Å². The zero-order valence-corrected chi connectivity index (χ0v) is 16.6. The van der Waals surface area contributed by atoms with Crippen LogP contribution in [0.15, 0.2) is 27.6 Å². The molecule has 1 atom stereocenters. The van der Waals surface area contributed by atoms with Gasteiger partial charge in [0.1, 0.15) is 0 Å². The number of anilines is 1. The quantitative estimate of drug-likeness (QED) is 0.719. The van der Waals surface area contributed by atoms with Crippen LogP contribution in [0.5, 0.6) is 0 Å². The topological polar surface area (TPSA) is 75.4 Å². The third kappa shape index (κ3) is 6.04. The van der Waals surface area contributed by atoms with E-state index in [9.17, 15) is 8.42 Å². The molecule has 22 heavy (non-hydrogen) atoms. The van der Waals surface area contributed by atoms with Crippen LogP contribution in [0, 0.1) is 5.92 Å². The van der Waals surface area contributed by atoms with Crippen molar-refractivity contribution in [2.75, 3.05) is 25.5 Å². The van der Waals surface area contributed by atoms with Crippen LogP contribution in [0.4, 0.5) is 5.69 Å². The average molecular weight is 415 g/mol. The number of hydrogen-bond donors (Lipinski definition) is 2. The Balaban J connectivity index is 0.00000441. The lowest BCUT2D eigenvalue weighted by Gasteiger charge is -2.20. The molecule has 128 valence electrons. The second kappa shape index (κ2) is 9.08. The maximum atomic E-state index is 12.6. The standard InChI is InChI=1S/C14H24BrN3O2S.ClH/c1-10(2)7-11(9-16)17-21(19,20)14-8-12(18(3)4)5-6-13(14)15;/h5-6,8,10-11,17H,7,9,16H2,1-4H3;1H. The summed E-state index contributed by atoms with van der Waals surface area (Å²) in [5, 5.41) is 0. The van der Waals surface area contributed by atoms with Gasteiger partial charge in [0.25, 0.3) is 0 Å². The number of nitrogens with one attached hydrogen (secondary N) is 1. The van der Waals surface area contributed by atoms with Gasteiger partial charge in [0.15, 0.2) is 0 Å². The van der Waals surface area contributed by atoms with Crippen LogP contribution < -0.4 is 15.4 Å². The lowest BCUT2D eigenvalue weighted by Crippen LogP contribution is -2.41. The van der Waals surface area contributed by atoms with Gasteiger partial charge in [0.05, 0.1) is 4.90 Å². The van der Waals surface area contributed by atoms with Crippen molar-refractivity contribution in [3.63, 3.8) is 0 Å². The molecule has 0 aliphatic rings. The molecule has 1 unspecified atom stereocenters. The van der Waals surface area contributed by atoms with Crippen LogP contribution in [0.25, 0.3) is 0 Å². The van der Waals surface area contributed by atoms with Gasteiger partial charge in [-0.1, -0.05) is 13.8 Å². The minimum Gasteiger partial charge on any atom is -0.378 e. The fourth-order valence-electron chi connectivity index (χ4n) is 2.02. The summed E-state index contributed by atoms with van der Waals surface area (Å²) in [6.07, 6.45) is 0.709. The Morgan fingerprint density at radius 3 is 2.36 bits per heavy atom. The summed E-state index contributed by atoms with van der Waals surface area (Å²) in [6.45, 7) is 4.36. The number of benzene rings is 1. The summed E-state index contributed by atoms with van der Waals surface area (Å²) >= 11 is 3.31. The molecule has 0 heterocycles. The Labute approximate surface area is 148 Å². The molecule has 0 radical (unpaired) electrons. The molecule has 1 aromatic rings. The van der Waals surface area contributed by atoms with E-state index in [1.165, 1.54) is 0 Å². The Bertz CT molecular complexity index is 579. The molecule has 0 bridgehead atoms. The number of halogens is 2. The average Bonchev–Trinajstić information content (AvgIpc) is 2.36. The van der Waals surface area contributed by atoms with Gasteiger partial charge >= 0.3 is 0 Å². The summed E-state index contributed by atoms with van der Waals surface area (Å²) in [5.41, 5.74) is 6.50. The van der Waals surface area contributed by atoms with Crippen molar-refractivity contribution in [3.8, 4) is 0 Å². The minimum absolute atomic E-state index is 0. The number of nitrogens with zero attached hydrogens (tertiary/aromatic N) is 1. The third-order valence-corrected chi connectivity index (χ3v) is 5.60. The van der Waals surface area contributed by atoms with Crippen LogP contribution >= 0.6 is 28.3 Å². The van der Waals surface area contributed by atoms with E-state index in [4.69, 9.17) is 5.73 Å². The highest BCUT2D eigenvalue weighted by atomic mass is 79.9. The summed E-state index contributed by atoms with van der Waals surface area (Å²) < 4.78 is 28.4. The van der Waals surface area contributed by atoms with E-state index in [2.05, 4.69) is 20.7 Å².